The summed E-state index contributed by atoms with van der Waals surface area (Å²) >= 11 is 0. The van der Waals surface area contributed by atoms with Crippen LogP contribution >= 0.6 is 0 Å². The minimum absolute atomic E-state index is 0.0130. The average molecular weight is 432 g/mol. The Morgan fingerprint density at radius 1 is 1.27 bits per heavy atom. The van der Waals surface area contributed by atoms with Gasteiger partial charge in [-0.3, -0.25) is 4.79 Å². The van der Waals surface area contributed by atoms with Crippen molar-refractivity contribution in [3.63, 3.8) is 0 Å². The molecule has 1 aliphatic heterocycles. The molecule has 6 nitrogen and oxygen atoms in total. The zero-order valence-electron chi connectivity index (χ0n) is 17.2. The minimum atomic E-state index is -3.83. The number of benzene rings is 1. The monoisotopic (exact) mass is 431 g/mol. The van der Waals surface area contributed by atoms with Crippen molar-refractivity contribution in [1.82, 2.24) is 14.2 Å². The van der Waals surface area contributed by atoms with Crippen molar-refractivity contribution in [3.05, 3.63) is 59.0 Å². The fourth-order valence-electron chi connectivity index (χ4n) is 4.02. The normalized spacial score (nSPS) is 17.7. The molecule has 0 radical (unpaired) electrons. The summed E-state index contributed by atoms with van der Waals surface area (Å²) in [4.78, 5) is 18.4. The summed E-state index contributed by atoms with van der Waals surface area (Å²) in [7, 11) is -3.83. The predicted octanol–water partition coefficient (Wildman–Crippen LogP) is 3.29. The van der Waals surface area contributed by atoms with Crippen LogP contribution in [0.3, 0.4) is 0 Å². The van der Waals surface area contributed by atoms with Crippen LogP contribution in [0.5, 0.6) is 0 Å². The van der Waals surface area contributed by atoms with E-state index in [1.54, 1.807) is 38.2 Å². The molecule has 1 saturated carbocycles. The van der Waals surface area contributed by atoms with E-state index >= 15 is 0 Å². The number of carbonyl (C=O) groups is 1. The molecule has 1 aliphatic carbocycles. The zero-order valence-corrected chi connectivity index (χ0v) is 18.0. The third kappa shape index (κ3) is 3.98. The number of nitrogens with zero attached hydrogens (tertiary/aromatic N) is 3. The van der Waals surface area contributed by atoms with Gasteiger partial charge >= 0.3 is 0 Å². The fourth-order valence-corrected chi connectivity index (χ4v) is 5.61. The topological polar surface area (TPSA) is 70.6 Å². The van der Waals surface area contributed by atoms with E-state index in [2.05, 4.69) is 4.98 Å². The van der Waals surface area contributed by atoms with Crippen LogP contribution in [0.25, 0.3) is 0 Å². The highest BCUT2D eigenvalue weighted by molar-refractivity contribution is 7.89. The summed E-state index contributed by atoms with van der Waals surface area (Å²) < 4.78 is 41.3. The summed E-state index contributed by atoms with van der Waals surface area (Å²) in [5, 5.41) is 0.0130. The van der Waals surface area contributed by atoms with Crippen LogP contribution in [0.4, 0.5) is 4.39 Å². The molecule has 1 amide bonds. The maximum atomic E-state index is 13.3. The van der Waals surface area contributed by atoms with Crippen molar-refractivity contribution in [3.8, 4) is 0 Å². The number of pyridine rings is 1. The van der Waals surface area contributed by atoms with Crippen molar-refractivity contribution in [2.75, 3.05) is 13.1 Å². The first-order valence-corrected chi connectivity index (χ1v) is 11.8. The maximum absolute atomic E-state index is 13.3. The summed E-state index contributed by atoms with van der Waals surface area (Å²) in [6.45, 7) is 4.92. The van der Waals surface area contributed by atoms with Gasteiger partial charge in [-0.1, -0.05) is 19.1 Å². The van der Waals surface area contributed by atoms with Crippen LogP contribution < -0.4 is 0 Å². The molecule has 1 atom stereocenters. The first-order chi connectivity index (χ1) is 14.3. The molecule has 1 aromatic heterocycles. The summed E-state index contributed by atoms with van der Waals surface area (Å²) in [6.07, 6.45) is 4.15. The van der Waals surface area contributed by atoms with Crippen molar-refractivity contribution >= 4 is 15.9 Å². The van der Waals surface area contributed by atoms with Gasteiger partial charge in [0.25, 0.3) is 10.0 Å². The predicted molar refractivity (Wildman–Crippen MR) is 110 cm³/mol. The molecule has 0 spiro atoms. The molecule has 0 bridgehead atoms. The number of amides is 1. The lowest BCUT2D eigenvalue weighted by Crippen LogP contribution is -2.37. The number of halogens is 1. The highest BCUT2D eigenvalue weighted by Gasteiger charge is 2.35. The van der Waals surface area contributed by atoms with Crippen molar-refractivity contribution in [2.24, 2.45) is 5.92 Å². The van der Waals surface area contributed by atoms with E-state index in [4.69, 9.17) is 0 Å². The lowest BCUT2D eigenvalue weighted by Gasteiger charge is -2.30. The third-order valence-electron chi connectivity index (χ3n) is 5.98. The summed E-state index contributed by atoms with van der Waals surface area (Å²) in [6, 6.07) is 7.05. The Kier molecular flexibility index (Phi) is 5.63. The molecule has 0 N–H and O–H groups in total. The maximum Gasteiger partial charge on any atom is 0.261 e. The standard InChI is InChI=1S/C22H26FN3O3S/c1-3-26(15(2)16-6-8-20(23)9-7-16)30(28,29)21-12-18-10-11-25(14-19(18)13-24-21)22(27)17-4-5-17/h6-9,12-13,15,17H,3-5,10-11,14H2,1-2H3/t15-/m0/s1. The SMILES string of the molecule is CCN([C@@H](C)c1ccc(F)cc1)S(=O)(=O)c1cc2c(cn1)CN(C(=O)C1CC1)CC2. The van der Waals surface area contributed by atoms with E-state index in [-0.39, 0.29) is 29.2 Å². The molecule has 30 heavy (non-hydrogen) atoms. The molecular weight excluding hydrogens is 405 g/mol. The molecule has 0 saturated heterocycles. The van der Waals surface area contributed by atoms with Gasteiger partial charge in [-0.25, -0.2) is 17.8 Å². The second-order valence-corrected chi connectivity index (χ2v) is 9.85. The van der Waals surface area contributed by atoms with Crippen LogP contribution in [0.15, 0.2) is 41.6 Å². The van der Waals surface area contributed by atoms with Gasteiger partial charge in [0.2, 0.25) is 5.91 Å². The van der Waals surface area contributed by atoms with Crippen molar-refractivity contribution in [1.29, 1.82) is 0 Å². The minimum Gasteiger partial charge on any atom is -0.338 e. The Balaban J connectivity index is 1.57. The van der Waals surface area contributed by atoms with Gasteiger partial charge in [-0.15, -0.1) is 0 Å². The van der Waals surface area contributed by atoms with Crippen LogP contribution in [-0.4, -0.2) is 41.6 Å². The van der Waals surface area contributed by atoms with Gasteiger partial charge in [0.15, 0.2) is 5.03 Å². The summed E-state index contributed by atoms with van der Waals surface area (Å²) in [5.41, 5.74) is 2.55. The lowest BCUT2D eigenvalue weighted by molar-refractivity contribution is -0.133. The van der Waals surface area contributed by atoms with Crippen molar-refractivity contribution in [2.45, 2.75) is 50.7 Å². The van der Waals surface area contributed by atoms with Gasteiger partial charge in [-0.2, -0.15) is 4.31 Å². The number of hydrogen-bond donors (Lipinski definition) is 0. The Bertz CT molecular complexity index is 1050. The molecule has 8 heteroatoms. The Labute approximate surface area is 176 Å². The number of sulfonamides is 1. The van der Waals surface area contributed by atoms with Crippen LogP contribution in [-0.2, 0) is 27.8 Å². The van der Waals surface area contributed by atoms with Gasteiger partial charge in [-0.05, 0) is 61.1 Å². The van der Waals surface area contributed by atoms with Crippen molar-refractivity contribution < 1.29 is 17.6 Å². The Morgan fingerprint density at radius 3 is 2.60 bits per heavy atom. The number of aromatic nitrogens is 1. The van der Waals surface area contributed by atoms with E-state index in [9.17, 15) is 17.6 Å². The molecule has 160 valence electrons. The first kappa shape index (κ1) is 20.9. The number of carbonyl (C=O) groups excluding carboxylic acids is 1. The van der Waals surface area contributed by atoms with Crippen LogP contribution in [0, 0.1) is 11.7 Å². The molecular formula is C22H26FN3O3S. The van der Waals surface area contributed by atoms with E-state index < -0.39 is 16.1 Å². The molecule has 4 rings (SSSR count). The highest BCUT2D eigenvalue weighted by Crippen LogP contribution is 2.33. The quantitative estimate of drug-likeness (QED) is 0.704. The van der Waals surface area contributed by atoms with Gasteiger partial charge in [0, 0.05) is 37.8 Å². The molecule has 0 unspecified atom stereocenters. The average Bonchev–Trinajstić information content (AvgIpc) is 3.58. The zero-order chi connectivity index (χ0) is 21.5. The van der Waals surface area contributed by atoms with Gasteiger partial charge in [0.1, 0.15) is 5.82 Å². The number of hydrogen-bond acceptors (Lipinski definition) is 4. The van der Waals surface area contributed by atoms with Gasteiger partial charge in [0.05, 0.1) is 0 Å². The van der Waals surface area contributed by atoms with E-state index in [0.29, 0.717) is 25.1 Å². The molecule has 2 heterocycles. The lowest BCUT2D eigenvalue weighted by atomic mass is 10.0. The molecule has 1 fully saturated rings. The van der Waals surface area contributed by atoms with E-state index in [0.717, 1.165) is 24.0 Å². The van der Waals surface area contributed by atoms with Gasteiger partial charge < -0.3 is 4.90 Å². The molecule has 2 aromatic rings. The summed E-state index contributed by atoms with van der Waals surface area (Å²) in [5.74, 6) is 0.00951. The molecule has 2 aliphatic rings. The van der Waals surface area contributed by atoms with Crippen LogP contribution in [0.1, 0.15) is 49.4 Å². The number of rotatable bonds is 6. The highest BCUT2D eigenvalue weighted by atomic mass is 32.2. The Morgan fingerprint density at radius 2 is 1.97 bits per heavy atom. The smallest absolute Gasteiger partial charge is 0.261 e. The van der Waals surface area contributed by atoms with E-state index in [1.807, 2.05) is 4.90 Å². The molecule has 1 aromatic carbocycles. The van der Waals surface area contributed by atoms with Crippen LogP contribution in [0.2, 0.25) is 0 Å². The largest absolute Gasteiger partial charge is 0.338 e. The second-order valence-electron chi connectivity index (χ2n) is 8.01. The third-order valence-corrected chi connectivity index (χ3v) is 7.92. The van der Waals surface area contributed by atoms with E-state index in [1.165, 1.54) is 16.4 Å². The Hall–Kier alpha value is -2.32. The number of fused-ring (bicyclic) bond motifs is 1. The fraction of sp³-hybridized carbons (Fsp3) is 0.455. The first-order valence-electron chi connectivity index (χ1n) is 10.3. The second kappa shape index (κ2) is 8.07.